The van der Waals surface area contributed by atoms with Gasteiger partial charge in [0, 0.05) is 5.56 Å². The highest BCUT2D eigenvalue weighted by atomic mass is 31.2. The summed E-state index contributed by atoms with van der Waals surface area (Å²) in [6.45, 7) is 6.89. The van der Waals surface area contributed by atoms with Crippen LogP contribution in [0.3, 0.4) is 0 Å². The largest absolute Gasteiger partial charge is 0.507 e. The van der Waals surface area contributed by atoms with E-state index in [1.54, 1.807) is 13.0 Å². The Morgan fingerprint density at radius 1 is 1.19 bits per heavy atom. The Kier molecular flexibility index (Phi) is 3.48. The van der Waals surface area contributed by atoms with Crippen LogP contribution in [-0.2, 0) is 4.57 Å². The first kappa shape index (κ1) is 13.2. The number of hydrogen-bond acceptors (Lipinski definition) is 2. The van der Waals surface area contributed by atoms with Gasteiger partial charge in [0.1, 0.15) is 5.75 Å². The summed E-state index contributed by atoms with van der Waals surface area (Å²) in [7, 11) is -4.22. The molecule has 90 valence electrons. The molecule has 0 heterocycles. The second-order valence-electron chi connectivity index (χ2n) is 4.15. The molecule has 1 rings (SSSR count). The molecule has 1 aromatic rings. The van der Waals surface area contributed by atoms with Crippen molar-refractivity contribution in [3.05, 3.63) is 28.3 Å². The van der Waals surface area contributed by atoms with Gasteiger partial charge in [-0.1, -0.05) is 6.07 Å². The van der Waals surface area contributed by atoms with Crippen LogP contribution < -0.4 is 0 Å². The van der Waals surface area contributed by atoms with E-state index < -0.39 is 13.3 Å². The predicted octanol–water partition coefficient (Wildman–Crippen LogP) is 2.56. The van der Waals surface area contributed by atoms with Crippen LogP contribution in [0, 0.1) is 20.8 Å². The number of aryl methyl sites for hydroxylation is 1. The highest BCUT2D eigenvalue weighted by molar-refractivity contribution is 7.52. The molecule has 0 fully saturated rings. The number of hydrogen-bond donors (Lipinski definition) is 3. The van der Waals surface area contributed by atoms with Crippen molar-refractivity contribution in [1.29, 1.82) is 0 Å². The molecule has 0 amide bonds. The van der Waals surface area contributed by atoms with Crippen molar-refractivity contribution >= 4 is 7.60 Å². The van der Waals surface area contributed by atoms with Crippen molar-refractivity contribution in [3.8, 4) is 5.75 Å². The van der Waals surface area contributed by atoms with Gasteiger partial charge in [0.25, 0.3) is 0 Å². The van der Waals surface area contributed by atoms with Crippen LogP contribution in [0.15, 0.2) is 6.07 Å². The van der Waals surface area contributed by atoms with E-state index >= 15 is 0 Å². The Balaban J connectivity index is 3.42. The third kappa shape index (κ3) is 2.29. The maximum atomic E-state index is 11.2. The molecule has 1 aromatic carbocycles. The lowest BCUT2D eigenvalue weighted by Crippen LogP contribution is -1.99. The first-order valence-electron chi connectivity index (χ1n) is 5.01. The highest BCUT2D eigenvalue weighted by Crippen LogP contribution is 2.54. The molecule has 16 heavy (non-hydrogen) atoms. The fourth-order valence-electron chi connectivity index (χ4n) is 1.60. The first-order chi connectivity index (χ1) is 7.16. The molecule has 0 spiro atoms. The lowest BCUT2D eigenvalue weighted by molar-refractivity contribution is 0.359. The van der Waals surface area contributed by atoms with Crippen LogP contribution in [0.2, 0.25) is 0 Å². The minimum atomic E-state index is -4.22. The van der Waals surface area contributed by atoms with Gasteiger partial charge in [0.2, 0.25) is 0 Å². The van der Waals surface area contributed by atoms with Crippen molar-refractivity contribution in [3.63, 3.8) is 0 Å². The summed E-state index contributed by atoms with van der Waals surface area (Å²) in [5.41, 5.74) is 1.87. The van der Waals surface area contributed by atoms with Crippen LogP contribution in [-0.4, -0.2) is 14.9 Å². The maximum absolute atomic E-state index is 11.2. The quantitative estimate of drug-likeness (QED) is 0.698. The van der Waals surface area contributed by atoms with Gasteiger partial charge in [-0.25, -0.2) is 0 Å². The Morgan fingerprint density at radius 2 is 1.69 bits per heavy atom. The molecule has 5 heteroatoms. The lowest BCUT2D eigenvalue weighted by Gasteiger charge is -2.18. The first-order valence-corrected chi connectivity index (χ1v) is 6.69. The van der Waals surface area contributed by atoms with E-state index in [0.717, 1.165) is 11.1 Å². The molecule has 0 radical (unpaired) electrons. The van der Waals surface area contributed by atoms with Crippen LogP contribution >= 0.6 is 7.60 Å². The van der Waals surface area contributed by atoms with Gasteiger partial charge < -0.3 is 14.9 Å². The van der Waals surface area contributed by atoms with Gasteiger partial charge in [-0.2, -0.15) is 0 Å². The molecule has 0 bridgehead atoms. The normalized spacial score (nSPS) is 13.9. The van der Waals surface area contributed by atoms with Gasteiger partial charge in [-0.05, 0) is 44.4 Å². The predicted molar refractivity (Wildman–Crippen MR) is 62.8 cm³/mol. The van der Waals surface area contributed by atoms with E-state index in [2.05, 4.69) is 0 Å². The Labute approximate surface area is 95.1 Å². The van der Waals surface area contributed by atoms with Gasteiger partial charge >= 0.3 is 7.60 Å². The molecule has 0 saturated carbocycles. The summed E-state index contributed by atoms with van der Waals surface area (Å²) in [6.07, 6.45) is 0. The Hall–Kier alpha value is -0.830. The average Bonchev–Trinajstić information content (AvgIpc) is 2.18. The minimum Gasteiger partial charge on any atom is -0.507 e. The standard InChI is InChI=1S/C11H17O4P/c1-6-5-10(9(4)16(13,14)15)11(12)8(3)7(6)2/h5,9,12H,1-4H3,(H2,13,14,15). The van der Waals surface area contributed by atoms with E-state index in [9.17, 15) is 9.67 Å². The van der Waals surface area contributed by atoms with E-state index in [1.165, 1.54) is 6.92 Å². The minimum absolute atomic E-state index is 0.0149. The SMILES string of the molecule is Cc1cc(C(C)P(=O)(O)O)c(O)c(C)c1C. The van der Waals surface area contributed by atoms with Crippen molar-refractivity contribution in [2.24, 2.45) is 0 Å². The third-order valence-electron chi connectivity index (χ3n) is 3.11. The highest BCUT2D eigenvalue weighted by Gasteiger charge is 2.29. The molecule has 0 aliphatic carbocycles. The summed E-state index contributed by atoms with van der Waals surface area (Å²) in [5, 5.41) is 9.89. The zero-order valence-corrected chi connectivity index (χ0v) is 10.7. The van der Waals surface area contributed by atoms with Crippen LogP contribution in [0.5, 0.6) is 5.75 Å². The Bertz CT molecular complexity index is 462. The summed E-state index contributed by atoms with van der Waals surface area (Å²) in [6, 6.07) is 1.64. The third-order valence-corrected chi connectivity index (χ3v) is 4.40. The summed E-state index contributed by atoms with van der Waals surface area (Å²) < 4.78 is 11.2. The van der Waals surface area contributed by atoms with E-state index in [-0.39, 0.29) is 5.75 Å². The van der Waals surface area contributed by atoms with E-state index in [1.807, 2.05) is 13.8 Å². The molecule has 1 unspecified atom stereocenters. The summed E-state index contributed by atoms with van der Waals surface area (Å²) >= 11 is 0. The summed E-state index contributed by atoms with van der Waals surface area (Å²) in [4.78, 5) is 18.2. The van der Waals surface area contributed by atoms with Gasteiger partial charge in [0.05, 0.1) is 5.66 Å². The molecule has 0 aliphatic heterocycles. The summed E-state index contributed by atoms with van der Waals surface area (Å²) in [5.74, 6) is -0.0149. The maximum Gasteiger partial charge on any atom is 0.332 e. The van der Waals surface area contributed by atoms with Gasteiger partial charge in [0.15, 0.2) is 0 Å². The number of phenols is 1. The Morgan fingerprint density at radius 3 is 2.12 bits per heavy atom. The molecule has 0 aliphatic rings. The number of benzene rings is 1. The molecule has 1 atom stereocenters. The zero-order chi connectivity index (χ0) is 12.7. The zero-order valence-electron chi connectivity index (χ0n) is 9.85. The van der Waals surface area contributed by atoms with E-state index in [4.69, 9.17) is 9.79 Å². The average molecular weight is 244 g/mol. The van der Waals surface area contributed by atoms with Crippen molar-refractivity contribution < 1.29 is 19.5 Å². The molecule has 4 nitrogen and oxygen atoms in total. The molecule has 0 saturated heterocycles. The number of rotatable bonds is 2. The van der Waals surface area contributed by atoms with Gasteiger partial charge in [-0.15, -0.1) is 0 Å². The molecular formula is C11H17O4P. The molecule has 0 aromatic heterocycles. The number of aromatic hydroxyl groups is 1. The second kappa shape index (κ2) is 4.21. The van der Waals surface area contributed by atoms with Gasteiger partial charge in [-0.3, -0.25) is 4.57 Å². The second-order valence-corrected chi connectivity index (χ2v) is 6.10. The van der Waals surface area contributed by atoms with Crippen molar-refractivity contribution in [2.45, 2.75) is 33.4 Å². The van der Waals surface area contributed by atoms with Crippen LogP contribution in [0.4, 0.5) is 0 Å². The smallest absolute Gasteiger partial charge is 0.332 e. The molecule has 3 N–H and O–H groups in total. The number of phenolic OH excluding ortho intramolecular Hbond substituents is 1. The van der Waals surface area contributed by atoms with Crippen molar-refractivity contribution in [2.75, 3.05) is 0 Å². The monoisotopic (exact) mass is 244 g/mol. The van der Waals surface area contributed by atoms with Crippen LogP contribution in [0.25, 0.3) is 0 Å². The molecular weight excluding hydrogens is 227 g/mol. The van der Waals surface area contributed by atoms with E-state index in [0.29, 0.717) is 11.1 Å². The fourth-order valence-corrected chi connectivity index (χ4v) is 2.16. The lowest BCUT2D eigenvalue weighted by atomic mass is 9.98. The fraction of sp³-hybridized carbons (Fsp3) is 0.455. The van der Waals surface area contributed by atoms with Crippen LogP contribution in [0.1, 0.15) is 34.8 Å². The topological polar surface area (TPSA) is 77.8 Å². The van der Waals surface area contributed by atoms with Crippen molar-refractivity contribution in [1.82, 2.24) is 0 Å².